The van der Waals surface area contributed by atoms with Crippen LogP contribution in [0.25, 0.3) is 0 Å². The fraction of sp³-hybridized carbons (Fsp3) is 0.714. The Labute approximate surface area is 110 Å². The summed E-state index contributed by atoms with van der Waals surface area (Å²) in [6.07, 6.45) is 1.93. The predicted molar refractivity (Wildman–Crippen MR) is 52.5 cm³/mol. The third-order valence-electron chi connectivity index (χ3n) is 1.01. The molecule has 0 aliphatic carbocycles. The van der Waals surface area contributed by atoms with Crippen molar-refractivity contribution in [3.8, 4) is 0 Å². The average molecular weight is 192 g/mol. The van der Waals surface area contributed by atoms with E-state index in [0.29, 0.717) is 0 Å². The summed E-state index contributed by atoms with van der Waals surface area (Å²) in [6.45, 7) is 2.21. The molecule has 0 saturated heterocycles. The van der Waals surface area contributed by atoms with Crippen molar-refractivity contribution < 1.29 is 19.8 Å². The van der Waals surface area contributed by atoms with Gasteiger partial charge in [0.15, 0.2) is 0 Å². The summed E-state index contributed by atoms with van der Waals surface area (Å²) in [5.74, 6) is -2.62. The van der Waals surface area contributed by atoms with Gasteiger partial charge in [0.2, 0.25) is 0 Å². The summed E-state index contributed by atoms with van der Waals surface area (Å²) >= 11 is 2.21. The van der Waals surface area contributed by atoms with Crippen LogP contribution < -0.4 is 0 Å². The van der Waals surface area contributed by atoms with E-state index in [-0.39, 0.29) is 29.6 Å². The molecular formula is C7H14LiNaO4. The first-order valence-corrected chi connectivity index (χ1v) is 3.98. The molecule has 0 fully saturated rings. The molecule has 4 nitrogen and oxygen atoms in total. The van der Waals surface area contributed by atoms with Gasteiger partial charge in [-0.2, -0.15) is 0 Å². The van der Waals surface area contributed by atoms with E-state index in [1.54, 1.807) is 0 Å². The number of rotatable bonds is 4. The molecule has 0 amide bonds. The van der Waals surface area contributed by atoms with E-state index in [1.807, 2.05) is 0 Å². The topological polar surface area (TPSA) is 74.6 Å². The Morgan fingerprint density at radius 3 is 1.62 bits per heavy atom. The van der Waals surface area contributed by atoms with Gasteiger partial charge in [0.1, 0.15) is 6.42 Å². The van der Waals surface area contributed by atoms with Crippen LogP contribution >= 0.6 is 0 Å². The predicted octanol–water partition coefficient (Wildman–Crippen LogP) is 0.270. The third-order valence-corrected chi connectivity index (χ3v) is 1.01. The molecule has 13 heavy (non-hydrogen) atoms. The van der Waals surface area contributed by atoms with Crippen molar-refractivity contribution in [2.24, 2.45) is 0 Å². The molecule has 0 bridgehead atoms. The molecule has 0 aromatic carbocycles. The molecule has 0 atom stereocenters. The Bertz CT molecular complexity index is 126. The maximum atomic E-state index is 9.43. The minimum atomic E-state index is -1.31. The molecule has 0 aliphatic rings. The number of carboxylic acid groups (broad SMARTS) is 2. The van der Waals surface area contributed by atoms with Crippen LogP contribution in [0.5, 0.6) is 0 Å². The monoisotopic (exact) mass is 192 g/mol. The Morgan fingerprint density at radius 2 is 1.62 bits per heavy atom. The van der Waals surface area contributed by atoms with Gasteiger partial charge in [-0.15, -0.1) is 0 Å². The molecule has 0 saturated carbocycles. The van der Waals surface area contributed by atoms with Crippen LogP contribution in [0.1, 0.15) is 26.2 Å². The van der Waals surface area contributed by atoms with Crippen molar-refractivity contribution >= 4 is 59.2 Å². The van der Waals surface area contributed by atoms with E-state index in [0.717, 1.165) is 0 Å². The quantitative estimate of drug-likeness (QED) is 0.495. The van der Waals surface area contributed by atoms with Gasteiger partial charge in [-0.25, -0.2) is 0 Å². The van der Waals surface area contributed by atoms with Crippen molar-refractivity contribution in [2.75, 3.05) is 0 Å². The number of carboxylic acids is 2. The number of aliphatic carboxylic acids is 2. The number of hydrogen-bond acceptors (Lipinski definition) is 2. The first-order chi connectivity index (χ1) is 5.54. The fourth-order valence-electron chi connectivity index (χ4n) is 0.483. The van der Waals surface area contributed by atoms with E-state index in [1.165, 1.54) is 17.9 Å². The summed E-state index contributed by atoms with van der Waals surface area (Å²) in [7, 11) is 0. The molecule has 0 aromatic heterocycles. The molecule has 0 unspecified atom stereocenters. The van der Waals surface area contributed by atoms with Gasteiger partial charge in [0, 0.05) is 0 Å². The fourth-order valence-corrected chi connectivity index (χ4v) is 0.483. The van der Waals surface area contributed by atoms with Crippen LogP contribution in [-0.2, 0) is 9.59 Å². The van der Waals surface area contributed by atoms with E-state index in [2.05, 4.69) is 24.6 Å². The molecule has 0 radical (unpaired) electrons. The minimum absolute atomic E-state index is 0. The van der Waals surface area contributed by atoms with E-state index in [4.69, 9.17) is 10.2 Å². The summed E-state index contributed by atoms with van der Waals surface area (Å²) in [4.78, 5) is 18.9. The zero-order chi connectivity index (χ0) is 9.98. The normalized spacial score (nSPS) is 7.62. The second-order valence-electron chi connectivity index (χ2n) is 2.32. The van der Waals surface area contributed by atoms with E-state index in [9.17, 15) is 9.59 Å². The number of hydrogen-bond donors (Lipinski definition) is 2. The van der Waals surface area contributed by atoms with Gasteiger partial charge in [-0.05, 0) is 0 Å². The van der Waals surface area contributed by atoms with Crippen molar-refractivity contribution in [3.05, 3.63) is 0 Å². The first kappa shape index (κ1) is 19.2. The van der Waals surface area contributed by atoms with Crippen molar-refractivity contribution in [3.63, 3.8) is 0 Å². The SMILES string of the molecule is O=C(O)CC(=O)O.[Li][CH2]CCC.[NaH]. The molecule has 0 spiro atoms. The molecule has 0 rings (SSSR count). The van der Waals surface area contributed by atoms with Gasteiger partial charge in [0.25, 0.3) is 0 Å². The standard InChI is InChI=1S/C4H9.C3H4O4.Li.Na.H/c1-3-4-2;4-2(5)1-3(6)7;;;/h1,3-4H2,2H3;1H2,(H,4,5)(H,6,7);;;. The van der Waals surface area contributed by atoms with Gasteiger partial charge < -0.3 is 10.2 Å². The van der Waals surface area contributed by atoms with Crippen LogP contribution in [0, 0.1) is 0 Å². The Hall–Kier alpha value is 0.537. The molecule has 0 aromatic rings. The van der Waals surface area contributed by atoms with Crippen molar-refractivity contribution in [1.29, 1.82) is 0 Å². The van der Waals surface area contributed by atoms with E-state index >= 15 is 0 Å². The van der Waals surface area contributed by atoms with Gasteiger partial charge in [0.05, 0.1) is 0 Å². The van der Waals surface area contributed by atoms with Crippen LogP contribution in [0.3, 0.4) is 0 Å². The van der Waals surface area contributed by atoms with Crippen molar-refractivity contribution in [2.45, 2.75) is 31.3 Å². The Balaban J connectivity index is -0.000000150. The number of unbranched alkanes of at least 4 members (excludes halogenated alkanes) is 1. The second kappa shape index (κ2) is 15.0. The second-order valence-corrected chi connectivity index (χ2v) is 2.32. The van der Waals surface area contributed by atoms with Crippen LogP contribution in [-0.4, -0.2) is 69.4 Å². The summed E-state index contributed by atoms with van der Waals surface area (Å²) in [5.41, 5.74) is 0. The zero-order valence-electron chi connectivity index (χ0n) is 7.54. The average Bonchev–Trinajstić information content (AvgIpc) is 1.87. The van der Waals surface area contributed by atoms with E-state index < -0.39 is 18.4 Å². The van der Waals surface area contributed by atoms with Gasteiger partial charge in [-0.3, -0.25) is 9.59 Å². The molecule has 2 N–H and O–H groups in total. The molecule has 6 heteroatoms. The van der Waals surface area contributed by atoms with Crippen LogP contribution in [0.2, 0.25) is 5.09 Å². The number of carbonyl (C=O) groups is 2. The van der Waals surface area contributed by atoms with Gasteiger partial charge in [-0.1, -0.05) is 0 Å². The molecular weight excluding hydrogens is 178 g/mol. The van der Waals surface area contributed by atoms with Crippen LogP contribution in [0.4, 0.5) is 0 Å². The Morgan fingerprint density at radius 1 is 1.23 bits per heavy atom. The molecule has 0 heterocycles. The summed E-state index contributed by atoms with van der Waals surface area (Å²) < 4.78 is 0. The van der Waals surface area contributed by atoms with Crippen LogP contribution in [0.15, 0.2) is 0 Å². The Kier molecular flexibility index (Phi) is 22.2. The van der Waals surface area contributed by atoms with Gasteiger partial charge >= 0.3 is 84.1 Å². The zero-order valence-corrected chi connectivity index (χ0v) is 7.54. The first-order valence-electron chi connectivity index (χ1n) is 3.98. The summed E-state index contributed by atoms with van der Waals surface area (Å²) in [6, 6.07) is 0. The molecule has 68 valence electrons. The maximum absolute atomic E-state index is 9.43. The van der Waals surface area contributed by atoms with Crippen molar-refractivity contribution in [1.82, 2.24) is 0 Å². The molecule has 0 aliphatic heterocycles. The third kappa shape index (κ3) is 32.6. The summed E-state index contributed by atoms with van der Waals surface area (Å²) in [5, 5.41) is 16.7.